The second kappa shape index (κ2) is 9.56. The fourth-order valence-corrected chi connectivity index (χ4v) is 3.72. The van der Waals surface area contributed by atoms with Crippen LogP contribution in [-0.2, 0) is 17.8 Å². The Balaban J connectivity index is 1.68. The number of para-hydroxylation sites is 1. The van der Waals surface area contributed by atoms with Gasteiger partial charge in [-0.1, -0.05) is 12.1 Å². The first-order valence-corrected chi connectivity index (χ1v) is 10.2. The average molecular weight is 397 g/mol. The fraction of sp³-hybridized carbons (Fsp3) is 0.391. The third kappa shape index (κ3) is 5.15. The van der Waals surface area contributed by atoms with Gasteiger partial charge in [-0.25, -0.2) is 0 Å². The number of hydrogen-bond donors (Lipinski definition) is 2. The summed E-state index contributed by atoms with van der Waals surface area (Å²) < 4.78 is 11.5. The summed E-state index contributed by atoms with van der Waals surface area (Å²) in [5.41, 5.74) is 3.55. The van der Waals surface area contributed by atoms with E-state index in [4.69, 9.17) is 9.47 Å². The van der Waals surface area contributed by atoms with Crippen LogP contribution in [0.3, 0.4) is 0 Å². The minimum absolute atomic E-state index is 0.0614. The molecule has 3 rings (SSSR count). The number of ketones is 1. The van der Waals surface area contributed by atoms with E-state index >= 15 is 0 Å². The average Bonchev–Trinajstić information content (AvgIpc) is 2.69. The molecule has 1 aliphatic rings. The van der Waals surface area contributed by atoms with Gasteiger partial charge in [0.1, 0.15) is 6.54 Å². The molecule has 0 bridgehead atoms. The van der Waals surface area contributed by atoms with Crippen LogP contribution in [0.4, 0.5) is 5.69 Å². The summed E-state index contributed by atoms with van der Waals surface area (Å²) in [6, 6.07) is 11.2. The van der Waals surface area contributed by atoms with Crippen molar-refractivity contribution in [1.82, 2.24) is 0 Å². The lowest BCUT2D eigenvalue weighted by molar-refractivity contribution is -0.907. The van der Waals surface area contributed by atoms with E-state index in [1.165, 1.54) is 23.0 Å². The quantitative estimate of drug-likeness (QED) is 0.671. The van der Waals surface area contributed by atoms with E-state index in [1.54, 1.807) is 18.2 Å². The molecule has 1 atom stereocenters. The van der Waals surface area contributed by atoms with Crippen LogP contribution in [0.5, 0.6) is 11.5 Å². The van der Waals surface area contributed by atoms with Crippen molar-refractivity contribution in [1.29, 1.82) is 0 Å². The van der Waals surface area contributed by atoms with Gasteiger partial charge in [0, 0.05) is 17.5 Å². The van der Waals surface area contributed by atoms with E-state index in [-0.39, 0.29) is 11.7 Å². The molecule has 1 amide bonds. The molecule has 154 valence electrons. The second-order valence-electron chi connectivity index (χ2n) is 7.19. The highest BCUT2D eigenvalue weighted by atomic mass is 16.5. The van der Waals surface area contributed by atoms with Crippen molar-refractivity contribution in [3.05, 3.63) is 53.1 Å². The van der Waals surface area contributed by atoms with Crippen LogP contribution in [-0.4, -0.2) is 38.0 Å². The molecule has 29 heavy (non-hydrogen) atoms. The number of nitrogens with one attached hydrogen (secondary N) is 2. The van der Waals surface area contributed by atoms with E-state index in [0.717, 1.165) is 31.0 Å². The summed E-state index contributed by atoms with van der Waals surface area (Å²) in [6.07, 6.45) is 0.883. The summed E-state index contributed by atoms with van der Waals surface area (Å²) in [5, 5.41) is 2.90. The van der Waals surface area contributed by atoms with Gasteiger partial charge in [-0.15, -0.1) is 0 Å². The lowest BCUT2D eigenvalue weighted by Gasteiger charge is -2.26. The first-order chi connectivity index (χ1) is 14.0. The maximum atomic E-state index is 12.6. The zero-order valence-corrected chi connectivity index (χ0v) is 17.3. The zero-order valence-electron chi connectivity index (χ0n) is 17.3. The number of carbonyl (C=O) groups is 2. The van der Waals surface area contributed by atoms with Crippen molar-refractivity contribution in [2.75, 3.05) is 31.6 Å². The molecule has 6 nitrogen and oxygen atoms in total. The van der Waals surface area contributed by atoms with Gasteiger partial charge < -0.3 is 19.7 Å². The van der Waals surface area contributed by atoms with Crippen molar-refractivity contribution in [3.8, 4) is 11.5 Å². The zero-order chi connectivity index (χ0) is 20.8. The molecule has 1 heterocycles. The number of hydrogen-bond acceptors (Lipinski definition) is 4. The van der Waals surface area contributed by atoms with Crippen molar-refractivity contribution >= 4 is 17.4 Å². The Hall–Kier alpha value is -2.86. The minimum Gasteiger partial charge on any atom is -0.490 e. The Morgan fingerprint density at radius 2 is 1.69 bits per heavy atom. The summed E-state index contributed by atoms with van der Waals surface area (Å²) in [5.74, 6) is 1.39. The van der Waals surface area contributed by atoms with E-state index in [1.807, 2.05) is 26.0 Å². The molecule has 0 aromatic heterocycles. The van der Waals surface area contributed by atoms with Crippen molar-refractivity contribution < 1.29 is 24.0 Å². The SMILES string of the molecule is CCOc1cc2c(cc1OCC)C[NH+](CC(=O)Nc1ccccc1C(C)=O)CC2. The summed E-state index contributed by atoms with van der Waals surface area (Å²) >= 11 is 0. The van der Waals surface area contributed by atoms with Crippen LogP contribution in [0.15, 0.2) is 36.4 Å². The molecule has 0 fully saturated rings. The highest BCUT2D eigenvalue weighted by molar-refractivity contribution is 6.03. The molecule has 0 saturated carbocycles. The maximum Gasteiger partial charge on any atom is 0.279 e. The fourth-order valence-electron chi connectivity index (χ4n) is 3.72. The largest absolute Gasteiger partial charge is 0.490 e. The normalized spacial score (nSPS) is 15.3. The monoisotopic (exact) mass is 397 g/mol. The Morgan fingerprint density at radius 3 is 2.34 bits per heavy atom. The molecular formula is C23H29N2O4+. The van der Waals surface area contributed by atoms with Crippen LogP contribution >= 0.6 is 0 Å². The van der Waals surface area contributed by atoms with Gasteiger partial charge in [0.25, 0.3) is 5.91 Å². The van der Waals surface area contributed by atoms with Crippen molar-refractivity contribution in [2.24, 2.45) is 0 Å². The van der Waals surface area contributed by atoms with Crippen LogP contribution in [0.1, 0.15) is 42.3 Å². The van der Waals surface area contributed by atoms with Crippen molar-refractivity contribution in [2.45, 2.75) is 33.7 Å². The van der Waals surface area contributed by atoms with Gasteiger partial charge in [-0.3, -0.25) is 9.59 Å². The number of rotatable bonds is 8. The van der Waals surface area contributed by atoms with E-state index in [0.29, 0.717) is 31.0 Å². The molecule has 6 heteroatoms. The second-order valence-corrected chi connectivity index (χ2v) is 7.19. The lowest BCUT2D eigenvalue weighted by atomic mass is 9.98. The molecule has 2 N–H and O–H groups in total. The Kier molecular flexibility index (Phi) is 6.88. The molecule has 1 unspecified atom stereocenters. The van der Waals surface area contributed by atoms with Gasteiger partial charge in [0.05, 0.1) is 25.4 Å². The topological polar surface area (TPSA) is 69.1 Å². The summed E-state index contributed by atoms with van der Waals surface area (Å²) in [7, 11) is 0. The number of ether oxygens (including phenoxy) is 2. The molecule has 2 aromatic carbocycles. The van der Waals surface area contributed by atoms with Crippen LogP contribution in [0.25, 0.3) is 0 Å². The van der Waals surface area contributed by atoms with Crippen LogP contribution in [0, 0.1) is 0 Å². The van der Waals surface area contributed by atoms with E-state index in [9.17, 15) is 9.59 Å². The number of anilines is 1. The third-order valence-electron chi connectivity index (χ3n) is 5.04. The molecular weight excluding hydrogens is 368 g/mol. The van der Waals surface area contributed by atoms with Gasteiger partial charge in [0.2, 0.25) is 0 Å². The lowest BCUT2D eigenvalue weighted by Crippen LogP contribution is -3.12. The number of carbonyl (C=O) groups excluding carboxylic acids is 2. The predicted molar refractivity (Wildman–Crippen MR) is 112 cm³/mol. The number of benzene rings is 2. The van der Waals surface area contributed by atoms with Gasteiger partial charge in [-0.2, -0.15) is 0 Å². The van der Waals surface area contributed by atoms with E-state index in [2.05, 4.69) is 11.4 Å². The number of fused-ring (bicyclic) bond motifs is 1. The highest BCUT2D eigenvalue weighted by Gasteiger charge is 2.24. The molecule has 0 radical (unpaired) electrons. The first kappa shape index (κ1) is 20.9. The van der Waals surface area contributed by atoms with Crippen molar-refractivity contribution in [3.63, 3.8) is 0 Å². The molecule has 0 aliphatic carbocycles. The molecule has 1 aliphatic heterocycles. The number of amides is 1. The minimum atomic E-state index is -0.0897. The Morgan fingerprint density at radius 1 is 1.03 bits per heavy atom. The standard InChI is InChI=1S/C23H28N2O4/c1-4-28-21-12-17-10-11-25(14-18(17)13-22(21)29-5-2)15-23(27)24-20-9-7-6-8-19(20)16(3)26/h6-9,12-13H,4-5,10-11,14-15H2,1-3H3,(H,24,27)/p+1. The molecule has 0 spiro atoms. The maximum absolute atomic E-state index is 12.6. The molecule has 2 aromatic rings. The number of Topliss-reactive ketones (excluding diaryl/α,β-unsaturated/α-hetero) is 1. The summed E-state index contributed by atoms with van der Waals surface area (Å²) in [4.78, 5) is 25.5. The number of quaternary nitrogens is 1. The third-order valence-corrected chi connectivity index (χ3v) is 5.04. The van der Waals surface area contributed by atoms with Gasteiger partial charge in [0.15, 0.2) is 23.8 Å². The predicted octanol–water partition coefficient (Wildman–Crippen LogP) is 2.27. The summed E-state index contributed by atoms with van der Waals surface area (Å²) in [6.45, 7) is 8.57. The first-order valence-electron chi connectivity index (χ1n) is 10.2. The van der Waals surface area contributed by atoms with Crippen LogP contribution < -0.4 is 19.7 Å². The smallest absolute Gasteiger partial charge is 0.279 e. The Bertz CT molecular complexity index is 894. The van der Waals surface area contributed by atoms with Gasteiger partial charge >= 0.3 is 0 Å². The Labute approximate surface area is 171 Å². The highest BCUT2D eigenvalue weighted by Crippen LogP contribution is 2.32. The van der Waals surface area contributed by atoms with Gasteiger partial charge in [-0.05, 0) is 50.6 Å². The van der Waals surface area contributed by atoms with Crippen LogP contribution in [0.2, 0.25) is 0 Å². The van der Waals surface area contributed by atoms with E-state index < -0.39 is 0 Å². The molecule has 0 saturated heterocycles.